The van der Waals surface area contributed by atoms with Gasteiger partial charge in [-0.25, -0.2) is 0 Å². The Balaban J connectivity index is 2.81. The molecule has 0 saturated carbocycles. The number of nitrogens with zero attached hydrogens (tertiary/aromatic N) is 1. The van der Waals surface area contributed by atoms with Gasteiger partial charge in [0, 0.05) is 11.8 Å². The van der Waals surface area contributed by atoms with Crippen LogP contribution in [0, 0.1) is 16.7 Å². The summed E-state index contributed by atoms with van der Waals surface area (Å²) in [6, 6.07) is 8.09. The molecule has 1 aromatic rings. The Morgan fingerprint density at radius 2 is 2.20 bits per heavy atom. The lowest BCUT2D eigenvalue weighted by Gasteiger charge is -2.14. The molecule has 1 aromatic carbocycles. The number of rotatable bonds is 2. The van der Waals surface area contributed by atoms with Crippen LogP contribution >= 0.6 is 0 Å². The van der Waals surface area contributed by atoms with Crippen molar-refractivity contribution >= 4 is 11.6 Å². The SMILES string of the molecule is CC(C)(C#N)C(=O)Nc1cccc(O)c1. The van der Waals surface area contributed by atoms with Gasteiger partial charge in [0.15, 0.2) is 0 Å². The number of hydrogen-bond acceptors (Lipinski definition) is 3. The van der Waals surface area contributed by atoms with Crippen LogP contribution in [0.2, 0.25) is 0 Å². The van der Waals surface area contributed by atoms with E-state index in [0.29, 0.717) is 5.69 Å². The van der Waals surface area contributed by atoms with E-state index in [1.807, 2.05) is 6.07 Å². The molecule has 1 amide bonds. The van der Waals surface area contributed by atoms with E-state index in [1.165, 1.54) is 26.0 Å². The zero-order valence-electron chi connectivity index (χ0n) is 8.61. The molecule has 0 fully saturated rings. The highest BCUT2D eigenvalue weighted by Gasteiger charge is 2.27. The van der Waals surface area contributed by atoms with Crippen LogP contribution in [0.25, 0.3) is 0 Å². The van der Waals surface area contributed by atoms with Crippen molar-refractivity contribution < 1.29 is 9.90 Å². The molecule has 0 aromatic heterocycles. The fraction of sp³-hybridized carbons (Fsp3) is 0.273. The van der Waals surface area contributed by atoms with Crippen molar-refractivity contribution in [3.63, 3.8) is 0 Å². The summed E-state index contributed by atoms with van der Waals surface area (Å²) in [7, 11) is 0. The molecule has 0 radical (unpaired) electrons. The Labute approximate surface area is 88.2 Å². The third kappa shape index (κ3) is 2.71. The van der Waals surface area contributed by atoms with Crippen LogP contribution < -0.4 is 5.32 Å². The second kappa shape index (κ2) is 4.01. The molecule has 78 valence electrons. The van der Waals surface area contributed by atoms with Crippen LogP contribution in [-0.4, -0.2) is 11.0 Å². The van der Waals surface area contributed by atoms with E-state index < -0.39 is 11.3 Å². The Morgan fingerprint density at radius 1 is 1.53 bits per heavy atom. The number of amides is 1. The molecule has 0 unspecified atom stereocenters. The zero-order valence-corrected chi connectivity index (χ0v) is 8.61. The number of carbonyl (C=O) groups is 1. The van der Waals surface area contributed by atoms with Gasteiger partial charge in [0.2, 0.25) is 5.91 Å². The monoisotopic (exact) mass is 204 g/mol. The lowest BCUT2D eigenvalue weighted by atomic mass is 9.94. The van der Waals surface area contributed by atoms with E-state index in [0.717, 1.165) is 0 Å². The first-order chi connectivity index (χ1) is 6.95. The van der Waals surface area contributed by atoms with Crippen molar-refractivity contribution in [1.29, 1.82) is 5.26 Å². The summed E-state index contributed by atoms with van der Waals surface area (Å²) in [6.45, 7) is 3.07. The number of aromatic hydroxyl groups is 1. The van der Waals surface area contributed by atoms with Gasteiger partial charge >= 0.3 is 0 Å². The number of phenolic OH excluding ortho intramolecular Hbond substituents is 1. The number of anilines is 1. The second-order valence-corrected chi connectivity index (χ2v) is 3.74. The molecular formula is C11H12N2O2. The summed E-state index contributed by atoms with van der Waals surface area (Å²) >= 11 is 0. The maximum absolute atomic E-state index is 11.6. The van der Waals surface area contributed by atoms with Crippen LogP contribution in [0.15, 0.2) is 24.3 Å². The Bertz CT molecular complexity index is 419. The maximum Gasteiger partial charge on any atom is 0.244 e. The second-order valence-electron chi connectivity index (χ2n) is 3.74. The first kappa shape index (κ1) is 11.1. The van der Waals surface area contributed by atoms with Crippen molar-refractivity contribution in [1.82, 2.24) is 0 Å². The summed E-state index contributed by atoms with van der Waals surface area (Å²) < 4.78 is 0. The van der Waals surface area contributed by atoms with E-state index in [9.17, 15) is 4.79 Å². The van der Waals surface area contributed by atoms with Gasteiger partial charge in [-0.2, -0.15) is 5.26 Å². The van der Waals surface area contributed by atoms with E-state index in [-0.39, 0.29) is 5.75 Å². The van der Waals surface area contributed by atoms with Crippen LogP contribution in [0.5, 0.6) is 5.75 Å². The predicted molar refractivity (Wildman–Crippen MR) is 56.1 cm³/mol. The number of phenols is 1. The number of hydrogen-bond donors (Lipinski definition) is 2. The molecule has 0 spiro atoms. The summed E-state index contributed by atoms with van der Waals surface area (Å²) in [4.78, 5) is 11.6. The number of carbonyl (C=O) groups excluding carboxylic acids is 1. The molecule has 0 aliphatic rings. The molecule has 4 heteroatoms. The van der Waals surface area contributed by atoms with Gasteiger partial charge in [-0.3, -0.25) is 4.79 Å². The molecule has 0 aliphatic heterocycles. The average Bonchev–Trinajstić information content (AvgIpc) is 2.17. The van der Waals surface area contributed by atoms with Gasteiger partial charge in [-0.05, 0) is 26.0 Å². The highest BCUT2D eigenvalue weighted by Crippen LogP contribution is 2.20. The first-order valence-electron chi connectivity index (χ1n) is 4.47. The lowest BCUT2D eigenvalue weighted by Crippen LogP contribution is -2.29. The van der Waals surface area contributed by atoms with Crippen molar-refractivity contribution in [3.8, 4) is 11.8 Å². The summed E-state index contributed by atoms with van der Waals surface area (Å²) in [5, 5.41) is 20.5. The van der Waals surface area contributed by atoms with Gasteiger partial charge in [-0.15, -0.1) is 0 Å². The largest absolute Gasteiger partial charge is 0.508 e. The van der Waals surface area contributed by atoms with Gasteiger partial charge in [0.25, 0.3) is 0 Å². The summed E-state index contributed by atoms with van der Waals surface area (Å²) in [6.07, 6.45) is 0. The molecule has 2 N–H and O–H groups in total. The van der Waals surface area contributed by atoms with Crippen LogP contribution in [0.3, 0.4) is 0 Å². The molecule has 0 aliphatic carbocycles. The average molecular weight is 204 g/mol. The molecular weight excluding hydrogens is 192 g/mol. The smallest absolute Gasteiger partial charge is 0.244 e. The molecule has 15 heavy (non-hydrogen) atoms. The minimum atomic E-state index is -1.08. The number of nitrogens with one attached hydrogen (secondary N) is 1. The maximum atomic E-state index is 11.6. The van der Waals surface area contributed by atoms with Crippen molar-refractivity contribution in [2.24, 2.45) is 5.41 Å². The summed E-state index contributed by atoms with van der Waals surface area (Å²) in [5.74, 6) is -0.321. The summed E-state index contributed by atoms with van der Waals surface area (Å²) in [5.41, 5.74) is -0.603. The Hall–Kier alpha value is -2.02. The fourth-order valence-corrected chi connectivity index (χ4v) is 0.922. The molecule has 0 atom stereocenters. The predicted octanol–water partition coefficient (Wildman–Crippen LogP) is 1.88. The Kier molecular flexibility index (Phi) is 2.96. The number of benzene rings is 1. The van der Waals surface area contributed by atoms with Crippen molar-refractivity contribution in [2.45, 2.75) is 13.8 Å². The third-order valence-electron chi connectivity index (χ3n) is 1.95. The van der Waals surface area contributed by atoms with Crippen LogP contribution in [0.4, 0.5) is 5.69 Å². The molecule has 0 heterocycles. The van der Waals surface area contributed by atoms with Crippen molar-refractivity contribution in [3.05, 3.63) is 24.3 Å². The van der Waals surface area contributed by atoms with E-state index >= 15 is 0 Å². The Morgan fingerprint density at radius 3 is 2.73 bits per heavy atom. The minimum Gasteiger partial charge on any atom is -0.508 e. The lowest BCUT2D eigenvalue weighted by molar-refractivity contribution is -0.121. The van der Waals surface area contributed by atoms with E-state index in [1.54, 1.807) is 12.1 Å². The number of nitriles is 1. The first-order valence-corrected chi connectivity index (χ1v) is 4.47. The zero-order chi connectivity index (χ0) is 11.5. The minimum absolute atomic E-state index is 0.0718. The van der Waals surface area contributed by atoms with Gasteiger partial charge in [0.1, 0.15) is 11.2 Å². The van der Waals surface area contributed by atoms with Gasteiger partial charge < -0.3 is 10.4 Å². The highest BCUT2D eigenvalue weighted by molar-refractivity contribution is 5.96. The van der Waals surface area contributed by atoms with Crippen LogP contribution in [-0.2, 0) is 4.79 Å². The van der Waals surface area contributed by atoms with E-state index in [2.05, 4.69) is 5.32 Å². The molecule has 4 nitrogen and oxygen atoms in total. The van der Waals surface area contributed by atoms with Gasteiger partial charge in [0.05, 0.1) is 6.07 Å². The standard InChI is InChI=1S/C11H12N2O2/c1-11(2,7-12)10(15)13-8-4-3-5-9(14)6-8/h3-6,14H,1-2H3,(H,13,15). The third-order valence-corrected chi connectivity index (χ3v) is 1.95. The molecule has 0 bridgehead atoms. The molecule has 0 saturated heterocycles. The topological polar surface area (TPSA) is 73.1 Å². The van der Waals surface area contributed by atoms with E-state index in [4.69, 9.17) is 10.4 Å². The normalized spacial score (nSPS) is 10.5. The fourth-order valence-electron chi connectivity index (χ4n) is 0.922. The van der Waals surface area contributed by atoms with Crippen LogP contribution in [0.1, 0.15) is 13.8 Å². The van der Waals surface area contributed by atoms with Gasteiger partial charge in [-0.1, -0.05) is 6.07 Å². The quantitative estimate of drug-likeness (QED) is 0.772. The highest BCUT2D eigenvalue weighted by atomic mass is 16.3. The van der Waals surface area contributed by atoms with Crippen molar-refractivity contribution in [2.75, 3.05) is 5.32 Å². The molecule has 1 rings (SSSR count).